The molecule has 0 unspecified atom stereocenters. The van der Waals surface area contributed by atoms with E-state index in [4.69, 9.17) is 15.2 Å². The zero-order valence-corrected chi connectivity index (χ0v) is 21.7. The van der Waals surface area contributed by atoms with E-state index < -0.39 is 12.5 Å². The Labute approximate surface area is 215 Å². The molecule has 0 spiro atoms. The van der Waals surface area contributed by atoms with Crippen molar-refractivity contribution in [1.82, 2.24) is 9.97 Å². The first-order chi connectivity index (χ1) is 17.6. The number of fused-ring (bicyclic) bond motifs is 1. The Morgan fingerprint density at radius 3 is 2.54 bits per heavy atom. The molecule has 0 radical (unpaired) electrons. The number of methoxy groups -OCH3 is 2. The third-order valence-corrected chi connectivity index (χ3v) is 6.90. The van der Waals surface area contributed by atoms with Crippen molar-refractivity contribution in [2.75, 3.05) is 56.5 Å². The summed E-state index contributed by atoms with van der Waals surface area (Å²) < 4.78 is 39.5. The third-order valence-electron chi connectivity index (χ3n) is 6.90. The predicted molar refractivity (Wildman–Crippen MR) is 142 cm³/mol. The van der Waals surface area contributed by atoms with Gasteiger partial charge in [0.15, 0.2) is 0 Å². The zero-order chi connectivity index (χ0) is 26.7. The monoisotopic (exact) mass is 515 g/mol. The maximum absolute atomic E-state index is 14.6. The molecular weight excluding hydrogens is 480 g/mol. The van der Waals surface area contributed by atoms with Gasteiger partial charge in [0.1, 0.15) is 24.0 Å². The lowest BCUT2D eigenvalue weighted by molar-refractivity contribution is -0.0698. The number of aliphatic hydroxyl groups excluding tert-OH is 1. The lowest BCUT2D eigenvalue weighted by Crippen LogP contribution is -2.35. The second-order valence-corrected chi connectivity index (χ2v) is 9.67. The molecule has 8 nitrogen and oxygen atoms in total. The molecule has 4 rings (SSSR count). The predicted octanol–water partition coefficient (Wildman–Crippen LogP) is 4.65. The summed E-state index contributed by atoms with van der Waals surface area (Å²) in [5.74, 6) is -0.970. The number of aliphatic hydroxyl groups is 1. The number of rotatable bonds is 9. The number of nitrogen functional groups attached to an aromatic ring is 1. The van der Waals surface area contributed by atoms with Crippen LogP contribution in [0.2, 0.25) is 0 Å². The smallest absolute Gasteiger partial charge is 0.296 e. The van der Waals surface area contributed by atoms with Crippen molar-refractivity contribution in [2.24, 2.45) is 5.92 Å². The van der Waals surface area contributed by atoms with E-state index in [1.54, 1.807) is 20.1 Å². The van der Waals surface area contributed by atoms with Crippen molar-refractivity contribution < 1.29 is 23.4 Å². The van der Waals surface area contributed by atoms with Gasteiger partial charge in [0, 0.05) is 49.5 Å². The van der Waals surface area contributed by atoms with Crippen molar-refractivity contribution in [2.45, 2.75) is 38.7 Å². The number of halogens is 2. The van der Waals surface area contributed by atoms with Gasteiger partial charge >= 0.3 is 0 Å². The van der Waals surface area contributed by atoms with Crippen molar-refractivity contribution in [1.29, 1.82) is 0 Å². The van der Waals surface area contributed by atoms with Gasteiger partial charge in [0.2, 0.25) is 0 Å². The molecule has 1 aliphatic rings. The number of nitrogens with two attached hydrogens (primary N) is 1. The number of hydrogen-bond acceptors (Lipinski definition) is 8. The fraction of sp³-hybridized carbons (Fsp3) is 0.481. The van der Waals surface area contributed by atoms with Crippen LogP contribution in [0.5, 0.6) is 5.75 Å². The fourth-order valence-electron chi connectivity index (χ4n) is 4.83. The zero-order valence-electron chi connectivity index (χ0n) is 21.7. The summed E-state index contributed by atoms with van der Waals surface area (Å²) in [6, 6.07) is 7.95. The Morgan fingerprint density at radius 2 is 1.89 bits per heavy atom. The van der Waals surface area contributed by atoms with Crippen LogP contribution in [0.3, 0.4) is 0 Å². The Hall–Kier alpha value is -3.24. The fourth-order valence-corrected chi connectivity index (χ4v) is 4.83. The van der Waals surface area contributed by atoms with Crippen LogP contribution in [0.1, 0.15) is 42.8 Å². The van der Waals surface area contributed by atoms with Crippen molar-refractivity contribution in [3.8, 4) is 5.75 Å². The van der Waals surface area contributed by atoms with Gasteiger partial charge in [-0.05, 0) is 62.4 Å². The van der Waals surface area contributed by atoms with Gasteiger partial charge in [-0.3, -0.25) is 0 Å². The largest absolute Gasteiger partial charge is 0.495 e. The van der Waals surface area contributed by atoms with E-state index in [1.165, 1.54) is 19.2 Å². The summed E-state index contributed by atoms with van der Waals surface area (Å²) in [6.07, 6.45) is 1.80. The van der Waals surface area contributed by atoms with Gasteiger partial charge in [-0.25, -0.2) is 9.97 Å². The third kappa shape index (κ3) is 5.86. The molecule has 3 aromatic rings. The second kappa shape index (κ2) is 11.0. The molecule has 1 fully saturated rings. The molecule has 0 aliphatic carbocycles. The Kier molecular flexibility index (Phi) is 7.99. The number of anilines is 3. The summed E-state index contributed by atoms with van der Waals surface area (Å²) >= 11 is 0. The van der Waals surface area contributed by atoms with Gasteiger partial charge < -0.3 is 30.5 Å². The molecule has 37 heavy (non-hydrogen) atoms. The van der Waals surface area contributed by atoms with Crippen LogP contribution >= 0.6 is 0 Å². The Balaban J connectivity index is 1.70. The maximum atomic E-state index is 14.6. The van der Waals surface area contributed by atoms with Gasteiger partial charge in [0.25, 0.3) is 5.92 Å². The lowest BCUT2D eigenvalue weighted by Gasteiger charge is -2.34. The number of aryl methyl sites for hydroxylation is 1. The van der Waals surface area contributed by atoms with Gasteiger partial charge in [-0.15, -0.1) is 0 Å². The van der Waals surface area contributed by atoms with E-state index >= 15 is 0 Å². The highest BCUT2D eigenvalue weighted by atomic mass is 19.3. The molecular formula is C27H35F2N5O3. The number of nitrogens with one attached hydrogen (secondary N) is 1. The number of alkyl halides is 2. The van der Waals surface area contributed by atoms with Crippen LogP contribution in [0.15, 0.2) is 30.3 Å². The van der Waals surface area contributed by atoms with Crippen LogP contribution in [0, 0.1) is 12.8 Å². The lowest BCUT2D eigenvalue weighted by atomic mass is 9.97. The van der Waals surface area contributed by atoms with Crippen LogP contribution in [-0.2, 0) is 10.7 Å². The summed E-state index contributed by atoms with van der Waals surface area (Å²) in [4.78, 5) is 11.5. The highest BCUT2D eigenvalue weighted by Gasteiger charge is 2.32. The molecule has 0 amide bonds. The van der Waals surface area contributed by atoms with E-state index in [0.717, 1.165) is 37.0 Å². The van der Waals surface area contributed by atoms with Gasteiger partial charge in [-0.2, -0.15) is 8.78 Å². The Bertz CT molecular complexity index is 1250. The van der Waals surface area contributed by atoms with Crippen molar-refractivity contribution in [3.05, 3.63) is 47.3 Å². The SMILES string of the molecule is COCC(F)(F)c1cc(N)cc([C@@H](C)Nc2nc(C)nc3cc(OC)c(N4CCC(CO)CC4)cc23)c1. The number of piperidine rings is 1. The number of benzene rings is 2. The van der Waals surface area contributed by atoms with Crippen LogP contribution in [0.4, 0.5) is 26.0 Å². The average Bonchev–Trinajstić information content (AvgIpc) is 2.87. The number of hydrogen-bond donors (Lipinski definition) is 3. The molecule has 4 N–H and O–H groups in total. The molecule has 2 heterocycles. The van der Waals surface area contributed by atoms with E-state index in [1.807, 2.05) is 19.1 Å². The van der Waals surface area contributed by atoms with Crippen LogP contribution in [0.25, 0.3) is 10.9 Å². The highest BCUT2D eigenvalue weighted by Crippen LogP contribution is 2.38. The molecule has 0 saturated carbocycles. The van der Waals surface area contributed by atoms with Crippen LogP contribution in [-0.4, -0.2) is 55.6 Å². The molecule has 1 atom stereocenters. The summed E-state index contributed by atoms with van der Waals surface area (Å²) in [6.45, 7) is 4.76. The first-order valence-corrected chi connectivity index (χ1v) is 12.4. The van der Waals surface area contributed by atoms with Crippen LogP contribution < -0.4 is 20.7 Å². The minimum Gasteiger partial charge on any atom is -0.495 e. The minimum absolute atomic E-state index is 0.194. The molecule has 200 valence electrons. The molecule has 0 bridgehead atoms. The number of nitrogens with zero attached hydrogens (tertiary/aromatic N) is 3. The topological polar surface area (TPSA) is 106 Å². The maximum Gasteiger partial charge on any atom is 0.296 e. The van der Waals surface area contributed by atoms with Gasteiger partial charge in [-0.1, -0.05) is 0 Å². The second-order valence-electron chi connectivity index (χ2n) is 9.67. The average molecular weight is 516 g/mol. The molecule has 10 heteroatoms. The normalized spacial score (nSPS) is 15.7. The van der Waals surface area contributed by atoms with Crippen molar-refractivity contribution in [3.63, 3.8) is 0 Å². The molecule has 1 aromatic heterocycles. The van der Waals surface area contributed by atoms with E-state index in [2.05, 4.69) is 20.2 Å². The molecule has 2 aromatic carbocycles. The summed E-state index contributed by atoms with van der Waals surface area (Å²) in [5.41, 5.74) is 8.30. The summed E-state index contributed by atoms with van der Waals surface area (Å²) in [7, 11) is 2.88. The Morgan fingerprint density at radius 1 is 1.16 bits per heavy atom. The number of aromatic nitrogens is 2. The molecule has 1 aliphatic heterocycles. The standard InChI is InChI=1S/C27H35F2N5O3/c1-16(19-9-20(11-21(30)10-19)27(28,29)15-36-3)31-26-22-12-24(34-7-5-18(14-35)6-8-34)25(37-4)13-23(22)32-17(2)33-26/h9-13,16,18,35H,5-8,14-15,30H2,1-4H3,(H,31,32,33)/t16-/m1/s1. The van der Waals surface area contributed by atoms with E-state index in [-0.39, 0.29) is 23.9 Å². The summed E-state index contributed by atoms with van der Waals surface area (Å²) in [5, 5.41) is 13.7. The first-order valence-electron chi connectivity index (χ1n) is 12.4. The van der Waals surface area contributed by atoms with E-state index in [9.17, 15) is 13.9 Å². The number of ether oxygens (including phenoxy) is 2. The van der Waals surface area contributed by atoms with E-state index in [0.29, 0.717) is 34.4 Å². The minimum atomic E-state index is -3.16. The quantitative estimate of drug-likeness (QED) is 0.354. The first kappa shape index (κ1) is 26.8. The highest BCUT2D eigenvalue weighted by molar-refractivity contribution is 5.94. The van der Waals surface area contributed by atoms with Crippen molar-refractivity contribution >= 4 is 28.1 Å². The van der Waals surface area contributed by atoms with Gasteiger partial charge in [0.05, 0.1) is 24.4 Å². The molecule has 1 saturated heterocycles.